The maximum Gasteiger partial charge on any atom is 0.141 e. The first-order valence-corrected chi connectivity index (χ1v) is 7.47. The summed E-state index contributed by atoms with van der Waals surface area (Å²) in [4.78, 5) is 1.20. The Balaban J connectivity index is 2.13. The van der Waals surface area contributed by atoms with Crippen LogP contribution < -0.4 is 4.74 Å². The minimum Gasteiger partial charge on any atom is -0.456 e. The molecule has 0 saturated heterocycles. The second-order valence-electron chi connectivity index (χ2n) is 3.85. The number of hydrogen-bond donors (Lipinski definition) is 0. The van der Waals surface area contributed by atoms with E-state index in [0.717, 1.165) is 16.8 Å². The van der Waals surface area contributed by atoms with E-state index in [1.165, 1.54) is 10.5 Å². The lowest BCUT2D eigenvalue weighted by Gasteiger charge is -2.12. The van der Waals surface area contributed by atoms with E-state index in [-0.39, 0.29) is 0 Å². The number of alkyl halides is 1. The monoisotopic (exact) mass is 306 g/mol. The van der Waals surface area contributed by atoms with Crippen molar-refractivity contribution in [3.63, 3.8) is 0 Å². The minimum absolute atomic E-state index is 0.398. The lowest BCUT2D eigenvalue weighted by atomic mass is 10.1. The maximum atomic E-state index is 5.99. The van der Waals surface area contributed by atoms with Gasteiger partial charge in [-0.15, -0.1) is 11.8 Å². The SMILES string of the molecule is BrCC1Sc2ccccc2Oc2ccccc21. The van der Waals surface area contributed by atoms with Crippen molar-refractivity contribution >= 4 is 27.7 Å². The number of fused-ring (bicyclic) bond motifs is 2. The van der Waals surface area contributed by atoms with Gasteiger partial charge in [0.15, 0.2) is 0 Å². The fraction of sp³-hybridized carbons (Fsp3) is 0.143. The van der Waals surface area contributed by atoms with E-state index in [0.29, 0.717) is 5.25 Å². The van der Waals surface area contributed by atoms with Crippen LogP contribution in [0.25, 0.3) is 0 Å². The zero-order valence-corrected chi connectivity index (χ0v) is 11.5. The molecule has 1 atom stereocenters. The summed E-state index contributed by atoms with van der Waals surface area (Å²) < 4.78 is 5.99. The highest BCUT2D eigenvalue weighted by Crippen LogP contribution is 2.48. The summed E-state index contributed by atoms with van der Waals surface area (Å²) in [5.74, 6) is 1.92. The molecule has 0 aromatic heterocycles. The lowest BCUT2D eigenvalue weighted by Crippen LogP contribution is -1.95. The van der Waals surface area contributed by atoms with Crippen LogP contribution in [-0.2, 0) is 0 Å². The van der Waals surface area contributed by atoms with Crippen LogP contribution in [-0.4, -0.2) is 5.33 Å². The Morgan fingerprint density at radius 3 is 2.53 bits per heavy atom. The van der Waals surface area contributed by atoms with E-state index in [4.69, 9.17) is 4.74 Å². The fourth-order valence-corrected chi connectivity index (χ4v) is 3.74. The zero-order chi connectivity index (χ0) is 11.7. The molecule has 0 radical (unpaired) electrons. The molecule has 1 nitrogen and oxygen atoms in total. The highest BCUT2D eigenvalue weighted by atomic mass is 79.9. The van der Waals surface area contributed by atoms with Crippen LogP contribution >= 0.6 is 27.7 Å². The number of rotatable bonds is 1. The van der Waals surface area contributed by atoms with Gasteiger partial charge in [-0.05, 0) is 18.2 Å². The van der Waals surface area contributed by atoms with Crippen LogP contribution in [0.2, 0.25) is 0 Å². The number of thioether (sulfide) groups is 1. The quantitative estimate of drug-likeness (QED) is 0.684. The summed E-state index contributed by atoms with van der Waals surface area (Å²) in [7, 11) is 0. The molecule has 1 aliphatic heterocycles. The Morgan fingerprint density at radius 2 is 1.71 bits per heavy atom. The second kappa shape index (κ2) is 4.75. The Bertz CT molecular complexity index is 541. The van der Waals surface area contributed by atoms with Crippen molar-refractivity contribution in [3.05, 3.63) is 54.1 Å². The highest BCUT2D eigenvalue weighted by Gasteiger charge is 2.22. The van der Waals surface area contributed by atoms with E-state index < -0.39 is 0 Å². The van der Waals surface area contributed by atoms with Gasteiger partial charge in [0.05, 0.1) is 4.90 Å². The average molecular weight is 307 g/mol. The molecule has 0 aliphatic carbocycles. The van der Waals surface area contributed by atoms with Gasteiger partial charge in [0.1, 0.15) is 11.5 Å². The molecule has 0 spiro atoms. The van der Waals surface area contributed by atoms with Gasteiger partial charge in [-0.3, -0.25) is 0 Å². The van der Waals surface area contributed by atoms with Gasteiger partial charge in [-0.1, -0.05) is 46.3 Å². The zero-order valence-electron chi connectivity index (χ0n) is 9.10. The molecule has 2 aromatic rings. The molecule has 0 N–H and O–H groups in total. The predicted octanol–water partition coefficient (Wildman–Crippen LogP) is 5.02. The molecule has 3 heteroatoms. The van der Waals surface area contributed by atoms with Crippen LogP contribution in [0.3, 0.4) is 0 Å². The summed E-state index contributed by atoms with van der Waals surface area (Å²) in [6.45, 7) is 0. The number of benzene rings is 2. The van der Waals surface area contributed by atoms with Gasteiger partial charge in [0.2, 0.25) is 0 Å². The standard InChI is InChI=1S/C14H11BrOS/c15-9-14-10-5-1-2-6-11(10)16-12-7-3-4-8-13(12)17-14/h1-8,14H,9H2. The summed E-state index contributed by atoms with van der Waals surface area (Å²) in [6, 6.07) is 16.5. The summed E-state index contributed by atoms with van der Waals surface area (Å²) >= 11 is 5.44. The molecule has 3 rings (SSSR count). The first-order chi connectivity index (χ1) is 8.38. The molecule has 1 aliphatic rings. The number of halogens is 1. The average Bonchev–Trinajstić information content (AvgIpc) is 2.54. The Hall–Kier alpha value is -0.930. The topological polar surface area (TPSA) is 9.23 Å². The number of para-hydroxylation sites is 2. The first-order valence-electron chi connectivity index (χ1n) is 5.47. The smallest absolute Gasteiger partial charge is 0.141 e. The van der Waals surface area contributed by atoms with E-state index in [1.54, 1.807) is 0 Å². The molecule has 0 amide bonds. The third-order valence-electron chi connectivity index (χ3n) is 2.74. The van der Waals surface area contributed by atoms with Gasteiger partial charge in [-0.2, -0.15) is 0 Å². The van der Waals surface area contributed by atoms with Crippen LogP contribution in [0.4, 0.5) is 0 Å². The minimum atomic E-state index is 0.398. The highest BCUT2D eigenvalue weighted by molar-refractivity contribution is 9.09. The Morgan fingerprint density at radius 1 is 1.00 bits per heavy atom. The van der Waals surface area contributed by atoms with E-state index in [2.05, 4.69) is 40.2 Å². The third kappa shape index (κ3) is 2.09. The molecule has 0 fully saturated rings. The summed E-state index contributed by atoms with van der Waals surface area (Å²) in [5.41, 5.74) is 1.26. The van der Waals surface area contributed by atoms with Crippen molar-refractivity contribution in [3.8, 4) is 11.5 Å². The van der Waals surface area contributed by atoms with Crippen molar-refractivity contribution in [2.24, 2.45) is 0 Å². The van der Waals surface area contributed by atoms with Gasteiger partial charge in [0.25, 0.3) is 0 Å². The van der Waals surface area contributed by atoms with Gasteiger partial charge < -0.3 is 4.74 Å². The van der Waals surface area contributed by atoms with Crippen LogP contribution in [0.1, 0.15) is 10.8 Å². The van der Waals surface area contributed by atoms with Gasteiger partial charge in [-0.25, -0.2) is 0 Å². The molecule has 0 saturated carbocycles. The van der Waals surface area contributed by atoms with E-state index in [9.17, 15) is 0 Å². The summed E-state index contributed by atoms with van der Waals surface area (Å²) in [5, 5.41) is 1.32. The van der Waals surface area contributed by atoms with Crippen LogP contribution in [0.5, 0.6) is 11.5 Å². The maximum absolute atomic E-state index is 5.99. The third-order valence-corrected chi connectivity index (χ3v) is 5.12. The Kier molecular flexibility index (Phi) is 3.12. The van der Waals surface area contributed by atoms with E-state index in [1.807, 2.05) is 36.0 Å². The van der Waals surface area contributed by atoms with E-state index >= 15 is 0 Å². The van der Waals surface area contributed by atoms with Gasteiger partial charge in [0, 0.05) is 16.1 Å². The normalized spacial score (nSPS) is 17.6. The molecule has 0 bridgehead atoms. The lowest BCUT2D eigenvalue weighted by molar-refractivity contribution is 0.468. The predicted molar refractivity (Wildman–Crippen MR) is 75.4 cm³/mol. The molecule has 2 aromatic carbocycles. The molecule has 17 heavy (non-hydrogen) atoms. The molecule has 1 unspecified atom stereocenters. The summed E-state index contributed by atoms with van der Waals surface area (Å²) in [6.07, 6.45) is 0. The van der Waals surface area contributed by atoms with Gasteiger partial charge >= 0.3 is 0 Å². The van der Waals surface area contributed by atoms with Crippen molar-refractivity contribution < 1.29 is 4.74 Å². The van der Waals surface area contributed by atoms with Crippen molar-refractivity contribution in [1.82, 2.24) is 0 Å². The largest absolute Gasteiger partial charge is 0.456 e. The van der Waals surface area contributed by atoms with Crippen molar-refractivity contribution in [1.29, 1.82) is 0 Å². The second-order valence-corrected chi connectivity index (χ2v) is 5.74. The Labute approximate surface area is 113 Å². The van der Waals surface area contributed by atoms with Crippen LogP contribution in [0.15, 0.2) is 53.4 Å². The molecule has 86 valence electrons. The molecular weight excluding hydrogens is 296 g/mol. The fourth-order valence-electron chi connectivity index (χ4n) is 1.92. The van der Waals surface area contributed by atoms with Crippen molar-refractivity contribution in [2.45, 2.75) is 10.1 Å². The van der Waals surface area contributed by atoms with Crippen LogP contribution in [0, 0.1) is 0 Å². The number of ether oxygens (including phenoxy) is 1. The number of hydrogen-bond acceptors (Lipinski definition) is 2. The molecular formula is C14H11BrOS. The molecule has 1 heterocycles. The van der Waals surface area contributed by atoms with Crippen molar-refractivity contribution in [2.75, 3.05) is 5.33 Å². The first kappa shape index (κ1) is 11.2.